The van der Waals surface area contributed by atoms with Crippen LogP contribution in [-0.2, 0) is 14.8 Å². The molecule has 0 saturated carbocycles. The minimum absolute atomic E-state index is 0. The molecule has 0 bridgehead atoms. The molecule has 2 N–H and O–H groups in total. The van der Waals surface area contributed by atoms with E-state index in [4.69, 9.17) is 10.5 Å². The van der Waals surface area contributed by atoms with E-state index in [2.05, 4.69) is 15.9 Å². The van der Waals surface area contributed by atoms with Crippen LogP contribution in [0, 0.1) is 0 Å². The van der Waals surface area contributed by atoms with Gasteiger partial charge in [0, 0.05) is 30.7 Å². The summed E-state index contributed by atoms with van der Waals surface area (Å²) < 4.78 is 32.9. The number of nitrogens with two attached hydrogens (primary N) is 1. The number of halogens is 2. The van der Waals surface area contributed by atoms with Gasteiger partial charge in [-0.3, -0.25) is 0 Å². The summed E-state index contributed by atoms with van der Waals surface area (Å²) in [6, 6.07) is 6.63. The molecule has 2 unspecified atom stereocenters. The molecule has 2 rings (SSSR count). The van der Waals surface area contributed by atoms with Crippen molar-refractivity contribution in [1.82, 2.24) is 4.31 Å². The highest BCUT2D eigenvalue weighted by atomic mass is 79.9. The quantitative estimate of drug-likeness (QED) is 0.840. The van der Waals surface area contributed by atoms with Crippen LogP contribution >= 0.6 is 28.3 Å². The van der Waals surface area contributed by atoms with E-state index in [-0.39, 0.29) is 29.4 Å². The molecule has 1 aromatic rings. The highest BCUT2D eigenvalue weighted by Gasteiger charge is 2.36. The van der Waals surface area contributed by atoms with Gasteiger partial charge in [0.05, 0.1) is 11.0 Å². The van der Waals surface area contributed by atoms with Crippen molar-refractivity contribution in [2.24, 2.45) is 5.73 Å². The predicted octanol–water partition coefficient (Wildman–Crippen LogP) is 2.00. The summed E-state index contributed by atoms with van der Waals surface area (Å²) >= 11 is 3.30. The van der Waals surface area contributed by atoms with E-state index in [1.54, 1.807) is 31.4 Å². The lowest BCUT2D eigenvalue weighted by Gasteiger charge is -2.37. The maximum Gasteiger partial charge on any atom is 0.244 e. The molecule has 0 amide bonds. The first kappa shape index (κ1) is 18.9. The first-order chi connectivity index (χ1) is 9.50. The van der Waals surface area contributed by atoms with Gasteiger partial charge in [0.2, 0.25) is 10.0 Å². The monoisotopic (exact) mass is 398 g/mol. The molecule has 1 aromatic carbocycles. The molecule has 21 heavy (non-hydrogen) atoms. The lowest BCUT2D eigenvalue weighted by molar-refractivity contribution is 0.0401. The molecule has 120 valence electrons. The third kappa shape index (κ3) is 3.97. The van der Waals surface area contributed by atoms with E-state index in [0.29, 0.717) is 30.4 Å². The third-order valence-corrected chi connectivity index (χ3v) is 6.61. The molecular formula is C13H20BrClN2O3S. The summed E-state index contributed by atoms with van der Waals surface area (Å²) in [4.78, 5) is 0.286. The number of piperidine rings is 1. The number of methoxy groups -OCH3 is 1. The molecule has 1 saturated heterocycles. The average Bonchev–Trinajstić information content (AvgIpc) is 2.46. The van der Waals surface area contributed by atoms with Gasteiger partial charge in [-0.05, 0) is 40.9 Å². The van der Waals surface area contributed by atoms with Crippen molar-refractivity contribution in [2.45, 2.75) is 29.9 Å². The molecule has 0 spiro atoms. The zero-order chi connectivity index (χ0) is 14.8. The van der Waals surface area contributed by atoms with E-state index < -0.39 is 10.0 Å². The number of rotatable bonds is 4. The van der Waals surface area contributed by atoms with Gasteiger partial charge in [0.15, 0.2) is 0 Å². The zero-order valence-electron chi connectivity index (χ0n) is 11.7. The maximum atomic E-state index is 12.8. The Morgan fingerprint density at radius 3 is 2.67 bits per heavy atom. The normalized spacial score (nSPS) is 23.6. The Balaban J connectivity index is 0.00000220. The number of nitrogens with zero attached hydrogens (tertiary/aromatic N) is 1. The first-order valence-corrected chi connectivity index (χ1v) is 8.73. The fourth-order valence-electron chi connectivity index (χ4n) is 2.52. The molecule has 2 atom stereocenters. The van der Waals surface area contributed by atoms with Gasteiger partial charge >= 0.3 is 0 Å². The molecule has 1 aliphatic rings. The molecule has 1 fully saturated rings. The summed E-state index contributed by atoms with van der Waals surface area (Å²) in [6.07, 6.45) is 1.40. The standard InChI is InChI=1S/C13H19BrN2O3S.ClH/c1-19-11-6-7-16(10(8-11)9-15)20(17,18)13-5-3-2-4-12(13)14;/h2-5,10-11H,6-9,15H2,1H3;1H. The van der Waals surface area contributed by atoms with Crippen LogP contribution in [0.1, 0.15) is 12.8 Å². The highest BCUT2D eigenvalue weighted by molar-refractivity contribution is 9.10. The number of benzene rings is 1. The lowest BCUT2D eigenvalue weighted by atomic mass is 10.0. The Morgan fingerprint density at radius 1 is 1.43 bits per heavy atom. The maximum absolute atomic E-state index is 12.8. The van der Waals surface area contributed by atoms with Gasteiger partial charge in [-0.2, -0.15) is 4.31 Å². The van der Waals surface area contributed by atoms with Crippen LogP contribution in [0.2, 0.25) is 0 Å². The Morgan fingerprint density at radius 2 is 2.10 bits per heavy atom. The summed E-state index contributed by atoms with van der Waals surface area (Å²) in [6.45, 7) is 0.730. The molecule has 1 heterocycles. The van der Waals surface area contributed by atoms with Gasteiger partial charge < -0.3 is 10.5 Å². The summed E-state index contributed by atoms with van der Waals surface area (Å²) in [7, 11) is -1.89. The molecule has 0 aromatic heterocycles. The predicted molar refractivity (Wildman–Crippen MR) is 88.2 cm³/mol. The van der Waals surface area contributed by atoms with Crippen molar-refractivity contribution in [3.05, 3.63) is 28.7 Å². The Labute approximate surface area is 140 Å². The van der Waals surface area contributed by atoms with E-state index in [9.17, 15) is 8.42 Å². The minimum atomic E-state index is -3.53. The second-order valence-electron chi connectivity index (χ2n) is 4.82. The minimum Gasteiger partial charge on any atom is -0.381 e. The van der Waals surface area contributed by atoms with Crippen LogP contribution in [-0.4, -0.2) is 45.1 Å². The first-order valence-electron chi connectivity index (χ1n) is 6.50. The van der Waals surface area contributed by atoms with Crippen molar-refractivity contribution < 1.29 is 13.2 Å². The lowest BCUT2D eigenvalue weighted by Crippen LogP contribution is -2.51. The third-order valence-electron chi connectivity index (χ3n) is 3.64. The summed E-state index contributed by atoms with van der Waals surface area (Å²) in [5.74, 6) is 0. The second kappa shape index (κ2) is 7.89. The van der Waals surface area contributed by atoms with Gasteiger partial charge in [-0.15, -0.1) is 12.4 Å². The Hall–Kier alpha value is -0.180. The average molecular weight is 400 g/mol. The molecular weight excluding hydrogens is 380 g/mol. The van der Waals surface area contributed by atoms with Crippen LogP contribution < -0.4 is 5.73 Å². The Kier molecular flexibility index (Phi) is 7.09. The van der Waals surface area contributed by atoms with Crippen molar-refractivity contribution in [3.8, 4) is 0 Å². The van der Waals surface area contributed by atoms with E-state index in [1.165, 1.54) is 4.31 Å². The molecule has 8 heteroatoms. The summed E-state index contributed by atoms with van der Waals surface area (Å²) in [5.41, 5.74) is 5.75. The van der Waals surface area contributed by atoms with E-state index in [0.717, 1.165) is 0 Å². The van der Waals surface area contributed by atoms with Gasteiger partial charge in [-0.25, -0.2) is 8.42 Å². The van der Waals surface area contributed by atoms with Gasteiger partial charge in [0.1, 0.15) is 0 Å². The van der Waals surface area contributed by atoms with Gasteiger partial charge in [-0.1, -0.05) is 12.1 Å². The molecule has 0 aliphatic carbocycles. The van der Waals surface area contributed by atoms with Crippen molar-refractivity contribution in [3.63, 3.8) is 0 Å². The fourth-order valence-corrected chi connectivity index (χ4v) is 5.14. The summed E-state index contributed by atoms with van der Waals surface area (Å²) in [5, 5.41) is 0. The number of sulfonamides is 1. The number of hydrogen-bond acceptors (Lipinski definition) is 4. The number of hydrogen-bond donors (Lipinski definition) is 1. The van der Waals surface area contributed by atoms with Crippen LogP contribution in [0.3, 0.4) is 0 Å². The molecule has 5 nitrogen and oxygen atoms in total. The van der Waals surface area contributed by atoms with E-state index in [1.807, 2.05) is 0 Å². The molecule has 1 aliphatic heterocycles. The topological polar surface area (TPSA) is 72.6 Å². The SMILES string of the molecule is COC1CCN(S(=O)(=O)c2ccccc2Br)C(CN)C1.Cl. The van der Waals surface area contributed by atoms with E-state index >= 15 is 0 Å². The molecule has 0 radical (unpaired) electrons. The fraction of sp³-hybridized carbons (Fsp3) is 0.538. The smallest absolute Gasteiger partial charge is 0.244 e. The van der Waals surface area contributed by atoms with Crippen molar-refractivity contribution in [2.75, 3.05) is 20.2 Å². The van der Waals surface area contributed by atoms with Crippen LogP contribution in [0.4, 0.5) is 0 Å². The van der Waals surface area contributed by atoms with Crippen LogP contribution in [0.15, 0.2) is 33.6 Å². The Bertz CT molecular complexity index is 570. The highest BCUT2D eigenvalue weighted by Crippen LogP contribution is 2.30. The largest absolute Gasteiger partial charge is 0.381 e. The van der Waals surface area contributed by atoms with Gasteiger partial charge in [0.25, 0.3) is 0 Å². The zero-order valence-corrected chi connectivity index (χ0v) is 15.0. The van der Waals surface area contributed by atoms with Crippen molar-refractivity contribution in [1.29, 1.82) is 0 Å². The second-order valence-corrected chi connectivity index (χ2v) is 7.53. The van der Waals surface area contributed by atoms with Crippen LogP contribution in [0.5, 0.6) is 0 Å². The number of ether oxygens (including phenoxy) is 1. The van der Waals surface area contributed by atoms with Crippen LogP contribution in [0.25, 0.3) is 0 Å². The van der Waals surface area contributed by atoms with Crippen molar-refractivity contribution >= 4 is 38.4 Å².